The lowest BCUT2D eigenvalue weighted by molar-refractivity contribution is -0.153. The second kappa shape index (κ2) is 9.91. The van der Waals surface area contributed by atoms with Crippen LogP contribution >= 0.6 is 15.9 Å². The Kier molecular flexibility index (Phi) is 7.42. The van der Waals surface area contributed by atoms with E-state index in [1.807, 2.05) is 13.0 Å². The number of aromatic nitrogens is 3. The summed E-state index contributed by atoms with van der Waals surface area (Å²) in [6, 6.07) is 8.70. The second-order valence-electron chi connectivity index (χ2n) is 6.86. The summed E-state index contributed by atoms with van der Waals surface area (Å²) in [5.41, 5.74) is 0.960. The molecule has 0 aliphatic rings. The van der Waals surface area contributed by atoms with Crippen molar-refractivity contribution in [1.82, 2.24) is 15.0 Å². The summed E-state index contributed by atoms with van der Waals surface area (Å²) in [5.74, 6) is 0.710. The van der Waals surface area contributed by atoms with E-state index >= 15 is 0 Å². The van der Waals surface area contributed by atoms with Gasteiger partial charge in [-0.25, -0.2) is 23.4 Å². The van der Waals surface area contributed by atoms with Crippen molar-refractivity contribution in [3.8, 4) is 5.75 Å². The highest BCUT2D eigenvalue weighted by Gasteiger charge is 2.29. The molecule has 0 aliphatic heterocycles. The van der Waals surface area contributed by atoms with Crippen molar-refractivity contribution in [3.05, 3.63) is 52.9 Å². The van der Waals surface area contributed by atoms with Gasteiger partial charge in [0.1, 0.15) is 34.1 Å². The first-order valence-electron chi connectivity index (χ1n) is 9.52. The Labute approximate surface area is 196 Å². The summed E-state index contributed by atoms with van der Waals surface area (Å²) < 4.78 is 68.0. The first-order chi connectivity index (χ1) is 15.4. The van der Waals surface area contributed by atoms with Crippen molar-refractivity contribution in [3.63, 3.8) is 0 Å². The predicted molar refractivity (Wildman–Crippen MR) is 121 cm³/mol. The molecule has 0 fully saturated rings. The fraction of sp³-hybridized carbons (Fsp3) is 0.250. The number of benzene rings is 1. The topological polar surface area (TPSA) is 106 Å². The average molecular weight is 546 g/mol. The van der Waals surface area contributed by atoms with Gasteiger partial charge in [-0.15, -0.1) is 0 Å². The molecule has 2 aromatic heterocycles. The fourth-order valence-corrected chi connectivity index (χ4v) is 4.16. The van der Waals surface area contributed by atoms with Crippen LogP contribution in [0.5, 0.6) is 5.75 Å². The minimum Gasteiger partial charge on any atom is -0.482 e. The Morgan fingerprint density at radius 1 is 1.03 bits per heavy atom. The molecule has 0 saturated heterocycles. The first-order valence-corrected chi connectivity index (χ1v) is 12.0. The molecule has 0 saturated carbocycles. The zero-order chi connectivity index (χ0) is 24.2. The summed E-state index contributed by atoms with van der Waals surface area (Å²) in [7, 11) is -3.61. The smallest absolute Gasteiger partial charge is 0.422 e. The molecule has 0 unspecified atom stereocenters. The molecule has 3 aromatic rings. The summed E-state index contributed by atoms with van der Waals surface area (Å²) >= 11 is 3.31. The van der Waals surface area contributed by atoms with Crippen molar-refractivity contribution in [1.29, 1.82) is 0 Å². The van der Waals surface area contributed by atoms with E-state index in [-0.39, 0.29) is 27.9 Å². The van der Waals surface area contributed by atoms with E-state index in [1.165, 1.54) is 37.5 Å². The van der Waals surface area contributed by atoms with Crippen LogP contribution in [0, 0.1) is 6.92 Å². The number of nitrogens with zero attached hydrogens (tertiary/aromatic N) is 3. The zero-order valence-electron chi connectivity index (χ0n) is 17.4. The van der Waals surface area contributed by atoms with Gasteiger partial charge in [0.05, 0.1) is 16.3 Å². The fourth-order valence-electron chi connectivity index (χ4n) is 2.70. The SMILES string of the molecule is CCS(=O)(=O)c1ccc(OCC(F)(F)F)c(Nc2cc(Nc3cc(C)cc(Br)n3)ncn2)c1. The van der Waals surface area contributed by atoms with E-state index < -0.39 is 22.6 Å². The largest absolute Gasteiger partial charge is 0.482 e. The van der Waals surface area contributed by atoms with Crippen LogP contribution in [-0.4, -0.2) is 41.9 Å². The Morgan fingerprint density at radius 3 is 2.36 bits per heavy atom. The Bertz CT molecular complexity index is 1240. The number of nitrogens with one attached hydrogen (secondary N) is 2. The molecule has 33 heavy (non-hydrogen) atoms. The van der Waals surface area contributed by atoms with Crippen LogP contribution in [-0.2, 0) is 9.84 Å². The van der Waals surface area contributed by atoms with Gasteiger partial charge in [-0.1, -0.05) is 6.92 Å². The first kappa shape index (κ1) is 24.7. The Hall–Kier alpha value is -2.93. The molecule has 176 valence electrons. The van der Waals surface area contributed by atoms with Crippen LogP contribution in [0.1, 0.15) is 12.5 Å². The van der Waals surface area contributed by atoms with Crippen molar-refractivity contribution in [2.75, 3.05) is 23.0 Å². The van der Waals surface area contributed by atoms with Gasteiger partial charge in [0, 0.05) is 6.07 Å². The number of hydrogen-bond donors (Lipinski definition) is 2. The van der Waals surface area contributed by atoms with E-state index in [4.69, 9.17) is 4.74 Å². The Morgan fingerprint density at radius 2 is 1.73 bits per heavy atom. The van der Waals surface area contributed by atoms with Crippen molar-refractivity contribution in [2.45, 2.75) is 24.9 Å². The molecule has 1 aromatic carbocycles. The van der Waals surface area contributed by atoms with Gasteiger partial charge < -0.3 is 15.4 Å². The summed E-state index contributed by atoms with van der Waals surface area (Å²) in [6.07, 6.45) is -3.33. The number of anilines is 4. The number of rotatable bonds is 8. The maximum absolute atomic E-state index is 12.7. The van der Waals surface area contributed by atoms with Gasteiger partial charge in [-0.3, -0.25) is 0 Å². The molecule has 13 heteroatoms. The number of ether oxygens (including phenoxy) is 1. The minimum absolute atomic E-state index is 0.00912. The molecule has 0 aliphatic carbocycles. The second-order valence-corrected chi connectivity index (χ2v) is 9.95. The van der Waals surface area contributed by atoms with Gasteiger partial charge in [-0.2, -0.15) is 13.2 Å². The van der Waals surface area contributed by atoms with Crippen molar-refractivity contribution in [2.24, 2.45) is 0 Å². The zero-order valence-corrected chi connectivity index (χ0v) is 19.8. The normalized spacial score (nSPS) is 11.8. The van der Waals surface area contributed by atoms with E-state index in [0.29, 0.717) is 16.2 Å². The van der Waals surface area contributed by atoms with E-state index in [2.05, 4.69) is 41.5 Å². The van der Waals surface area contributed by atoms with E-state index in [1.54, 1.807) is 6.07 Å². The number of pyridine rings is 1. The molecule has 2 N–H and O–H groups in total. The summed E-state index contributed by atoms with van der Waals surface area (Å²) in [5, 5.41) is 5.82. The van der Waals surface area contributed by atoms with Gasteiger partial charge in [-0.05, 0) is 58.7 Å². The number of halogens is 4. The third-order valence-corrected chi connectivity index (χ3v) is 6.34. The minimum atomic E-state index is -4.56. The van der Waals surface area contributed by atoms with Crippen molar-refractivity contribution >= 4 is 48.9 Å². The molecule has 2 heterocycles. The predicted octanol–water partition coefficient (Wildman–Crippen LogP) is 5.16. The highest BCUT2D eigenvalue weighted by atomic mass is 79.9. The van der Waals surface area contributed by atoms with Gasteiger partial charge in [0.2, 0.25) is 0 Å². The molecule has 3 rings (SSSR count). The average Bonchev–Trinajstić information content (AvgIpc) is 2.71. The van der Waals surface area contributed by atoms with Gasteiger partial charge in [0.15, 0.2) is 16.4 Å². The number of hydrogen-bond acceptors (Lipinski definition) is 8. The molecule has 0 radical (unpaired) electrons. The van der Waals surface area contributed by atoms with Crippen LogP contribution < -0.4 is 15.4 Å². The number of aryl methyl sites for hydroxylation is 1. The van der Waals surface area contributed by atoms with E-state index in [9.17, 15) is 21.6 Å². The van der Waals surface area contributed by atoms with Gasteiger partial charge in [0.25, 0.3) is 0 Å². The molecule has 0 atom stereocenters. The van der Waals surface area contributed by atoms with Crippen LogP contribution in [0.25, 0.3) is 0 Å². The Balaban J connectivity index is 1.91. The van der Waals surface area contributed by atoms with Gasteiger partial charge >= 0.3 is 6.18 Å². The molecular formula is C20H19BrF3N5O3S. The monoisotopic (exact) mass is 545 g/mol. The lowest BCUT2D eigenvalue weighted by Gasteiger charge is -2.16. The van der Waals surface area contributed by atoms with Crippen LogP contribution in [0.15, 0.2) is 52.2 Å². The van der Waals surface area contributed by atoms with Crippen LogP contribution in [0.3, 0.4) is 0 Å². The standard InChI is InChI=1S/C20H19BrF3N5O3S/c1-3-33(30,31)13-4-5-15(32-10-20(22,23)24)14(8-13)27-17-9-18(26-11-25-17)29-19-7-12(2)6-16(21)28-19/h4-9,11H,3,10H2,1-2H3,(H2,25,26,27,28,29). The molecule has 0 bridgehead atoms. The third kappa shape index (κ3) is 7.02. The lowest BCUT2D eigenvalue weighted by Crippen LogP contribution is -2.19. The molecule has 8 nitrogen and oxygen atoms in total. The highest BCUT2D eigenvalue weighted by Crippen LogP contribution is 2.32. The summed E-state index contributed by atoms with van der Waals surface area (Å²) in [6.45, 7) is 1.83. The third-order valence-electron chi connectivity index (χ3n) is 4.21. The number of alkyl halides is 3. The molecular weight excluding hydrogens is 527 g/mol. The van der Waals surface area contributed by atoms with E-state index in [0.717, 1.165) is 5.56 Å². The maximum Gasteiger partial charge on any atom is 0.422 e. The van der Waals surface area contributed by atoms with Crippen LogP contribution in [0.4, 0.5) is 36.3 Å². The maximum atomic E-state index is 12.7. The highest BCUT2D eigenvalue weighted by molar-refractivity contribution is 9.10. The number of sulfone groups is 1. The summed E-state index contributed by atoms with van der Waals surface area (Å²) in [4.78, 5) is 12.4. The quantitative estimate of drug-likeness (QED) is 0.373. The van der Waals surface area contributed by atoms with Crippen molar-refractivity contribution < 1.29 is 26.3 Å². The lowest BCUT2D eigenvalue weighted by atomic mass is 10.3. The van der Waals surface area contributed by atoms with Crippen LogP contribution in [0.2, 0.25) is 0 Å². The molecule has 0 spiro atoms. The molecule has 0 amide bonds.